The second kappa shape index (κ2) is 8.59. The van der Waals surface area contributed by atoms with Crippen molar-refractivity contribution in [1.82, 2.24) is 19.4 Å². The Labute approximate surface area is 189 Å². The Morgan fingerprint density at radius 2 is 1.94 bits per heavy atom. The van der Waals surface area contributed by atoms with Crippen LogP contribution in [0.1, 0.15) is 18.9 Å². The number of nitrogen functional groups attached to an aromatic ring is 1. The van der Waals surface area contributed by atoms with Crippen molar-refractivity contribution in [3.63, 3.8) is 0 Å². The Bertz CT molecular complexity index is 1360. The van der Waals surface area contributed by atoms with Gasteiger partial charge >= 0.3 is 5.69 Å². The standard InChI is InChI=1S/C24H24FN5O3/c1-32-19-5-2-6-20(21(19)25)33-17-9-7-15(8-10-17)30-22-18(11-13-28-23(22)26)29(24(30)31)16-4-3-12-27-14-16/h2,5-11,13,16,27H,3-4,12,14H2,1H3,(H2,26,28)/t16-/m1/s1. The number of halogens is 1. The number of nitrogens with one attached hydrogen (secondary N) is 1. The molecule has 1 saturated heterocycles. The van der Waals surface area contributed by atoms with Gasteiger partial charge in [0.1, 0.15) is 17.1 Å². The van der Waals surface area contributed by atoms with Crippen LogP contribution in [0.25, 0.3) is 16.7 Å². The van der Waals surface area contributed by atoms with Gasteiger partial charge in [-0.2, -0.15) is 4.39 Å². The number of hydrogen-bond donors (Lipinski definition) is 2. The first-order valence-electron chi connectivity index (χ1n) is 10.8. The van der Waals surface area contributed by atoms with Crippen molar-refractivity contribution in [2.24, 2.45) is 0 Å². The van der Waals surface area contributed by atoms with E-state index >= 15 is 0 Å². The van der Waals surface area contributed by atoms with Crippen molar-refractivity contribution in [2.75, 3.05) is 25.9 Å². The molecule has 4 aromatic rings. The Kier molecular flexibility index (Phi) is 5.47. The molecular weight excluding hydrogens is 425 g/mol. The second-order valence-electron chi connectivity index (χ2n) is 7.92. The maximum Gasteiger partial charge on any atom is 0.334 e. The zero-order valence-electron chi connectivity index (χ0n) is 18.1. The molecular formula is C24H24FN5O3. The van der Waals surface area contributed by atoms with E-state index in [-0.39, 0.29) is 29.0 Å². The number of aromatic nitrogens is 3. The van der Waals surface area contributed by atoms with Crippen LogP contribution in [0.15, 0.2) is 59.5 Å². The quantitative estimate of drug-likeness (QED) is 0.483. The highest BCUT2D eigenvalue weighted by atomic mass is 19.1. The van der Waals surface area contributed by atoms with Crippen molar-refractivity contribution in [3.8, 4) is 22.9 Å². The van der Waals surface area contributed by atoms with Crippen molar-refractivity contribution in [2.45, 2.75) is 18.9 Å². The van der Waals surface area contributed by atoms with Crippen LogP contribution in [0.3, 0.4) is 0 Å². The maximum absolute atomic E-state index is 14.4. The van der Waals surface area contributed by atoms with Crippen LogP contribution in [0.4, 0.5) is 10.2 Å². The van der Waals surface area contributed by atoms with Crippen LogP contribution < -0.4 is 26.2 Å². The number of piperidine rings is 1. The minimum atomic E-state index is -0.580. The van der Waals surface area contributed by atoms with E-state index < -0.39 is 5.82 Å². The second-order valence-corrected chi connectivity index (χ2v) is 7.92. The number of fused-ring (bicyclic) bond motifs is 1. The van der Waals surface area contributed by atoms with E-state index in [0.29, 0.717) is 17.0 Å². The zero-order valence-corrected chi connectivity index (χ0v) is 18.1. The molecule has 1 atom stereocenters. The number of rotatable bonds is 5. The number of nitrogens with zero attached hydrogens (tertiary/aromatic N) is 3. The predicted molar refractivity (Wildman–Crippen MR) is 124 cm³/mol. The molecule has 0 spiro atoms. The molecule has 170 valence electrons. The molecule has 2 aromatic heterocycles. The number of ether oxygens (including phenoxy) is 2. The molecule has 5 rings (SSSR count). The van der Waals surface area contributed by atoms with Gasteiger partial charge in [0.25, 0.3) is 0 Å². The van der Waals surface area contributed by atoms with Gasteiger partial charge in [-0.1, -0.05) is 6.07 Å². The van der Waals surface area contributed by atoms with Gasteiger partial charge in [0, 0.05) is 12.7 Å². The van der Waals surface area contributed by atoms with Gasteiger partial charge in [-0.3, -0.25) is 9.13 Å². The normalized spacial score (nSPS) is 16.1. The SMILES string of the molecule is COc1cccc(Oc2ccc(-n3c(=O)n([C@@H]4CCCNC4)c4ccnc(N)c43)cc2)c1F. The van der Waals surface area contributed by atoms with E-state index in [1.54, 1.807) is 45.7 Å². The Balaban J connectivity index is 1.55. The zero-order chi connectivity index (χ0) is 22.9. The molecule has 9 heteroatoms. The minimum Gasteiger partial charge on any atom is -0.494 e. The first kappa shape index (κ1) is 21.0. The molecule has 1 aliphatic heterocycles. The third kappa shape index (κ3) is 3.70. The molecule has 8 nitrogen and oxygen atoms in total. The van der Waals surface area contributed by atoms with E-state index in [9.17, 15) is 9.18 Å². The summed E-state index contributed by atoms with van der Waals surface area (Å²) in [6, 6.07) is 13.4. The van der Waals surface area contributed by atoms with Crippen LogP contribution in [-0.2, 0) is 0 Å². The number of anilines is 1. The topological polar surface area (TPSA) is 96.3 Å². The molecule has 0 unspecified atom stereocenters. The smallest absolute Gasteiger partial charge is 0.334 e. The van der Waals surface area contributed by atoms with E-state index in [0.717, 1.165) is 31.4 Å². The monoisotopic (exact) mass is 449 g/mol. The Morgan fingerprint density at radius 1 is 1.15 bits per heavy atom. The van der Waals surface area contributed by atoms with Crippen LogP contribution >= 0.6 is 0 Å². The highest BCUT2D eigenvalue weighted by Gasteiger charge is 2.24. The Morgan fingerprint density at radius 3 is 2.67 bits per heavy atom. The average molecular weight is 449 g/mol. The predicted octanol–water partition coefficient (Wildman–Crippen LogP) is 3.63. The number of pyridine rings is 1. The number of benzene rings is 2. The van der Waals surface area contributed by atoms with Crippen LogP contribution in [0.5, 0.6) is 17.2 Å². The van der Waals surface area contributed by atoms with Crippen molar-refractivity contribution >= 4 is 16.9 Å². The van der Waals surface area contributed by atoms with Crippen LogP contribution in [-0.4, -0.2) is 34.3 Å². The van der Waals surface area contributed by atoms with Gasteiger partial charge in [0.2, 0.25) is 5.82 Å². The van der Waals surface area contributed by atoms with Gasteiger partial charge in [0.15, 0.2) is 11.5 Å². The first-order chi connectivity index (χ1) is 16.1. The number of methoxy groups -OCH3 is 1. The molecule has 0 saturated carbocycles. The maximum atomic E-state index is 14.4. The molecule has 1 aliphatic rings. The first-order valence-corrected chi connectivity index (χ1v) is 10.8. The van der Waals surface area contributed by atoms with E-state index in [1.165, 1.54) is 19.2 Å². The number of hydrogen-bond acceptors (Lipinski definition) is 6. The van der Waals surface area contributed by atoms with Crippen LogP contribution in [0, 0.1) is 5.82 Å². The lowest BCUT2D eigenvalue weighted by molar-refractivity contribution is 0.368. The van der Waals surface area contributed by atoms with E-state index in [1.807, 2.05) is 6.07 Å². The molecule has 1 fully saturated rings. The molecule has 2 aromatic carbocycles. The van der Waals surface area contributed by atoms with Gasteiger partial charge in [-0.25, -0.2) is 9.78 Å². The number of nitrogens with two attached hydrogens (primary N) is 1. The summed E-state index contributed by atoms with van der Waals surface area (Å²) in [6.07, 6.45) is 3.53. The van der Waals surface area contributed by atoms with Crippen LogP contribution in [0.2, 0.25) is 0 Å². The summed E-state index contributed by atoms with van der Waals surface area (Å²) in [5.41, 5.74) is 7.97. The molecule has 0 amide bonds. The highest BCUT2D eigenvalue weighted by Crippen LogP contribution is 2.31. The highest BCUT2D eigenvalue weighted by molar-refractivity contribution is 5.87. The van der Waals surface area contributed by atoms with E-state index in [2.05, 4.69) is 10.3 Å². The van der Waals surface area contributed by atoms with Gasteiger partial charge < -0.3 is 20.5 Å². The third-order valence-corrected chi connectivity index (χ3v) is 5.92. The van der Waals surface area contributed by atoms with Crippen molar-refractivity contribution in [3.05, 3.63) is 71.0 Å². The lowest BCUT2D eigenvalue weighted by Gasteiger charge is -2.23. The minimum absolute atomic E-state index is 0.0374. The molecule has 0 bridgehead atoms. The summed E-state index contributed by atoms with van der Waals surface area (Å²) in [5.74, 6) is 0.275. The van der Waals surface area contributed by atoms with Crippen molar-refractivity contribution < 1.29 is 13.9 Å². The number of imidazole rings is 1. The van der Waals surface area contributed by atoms with E-state index in [4.69, 9.17) is 15.2 Å². The van der Waals surface area contributed by atoms with Gasteiger partial charge in [0.05, 0.1) is 24.4 Å². The fraction of sp³-hybridized carbons (Fsp3) is 0.250. The summed E-state index contributed by atoms with van der Waals surface area (Å²) in [5, 5.41) is 3.36. The molecule has 33 heavy (non-hydrogen) atoms. The fourth-order valence-electron chi connectivity index (χ4n) is 4.35. The summed E-state index contributed by atoms with van der Waals surface area (Å²) in [6.45, 7) is 1.67. The molecule has 0 radical (unpaired) electrons. The molecule has 0 aliphatic carbocycles. The van der Waals surface area contributed by atoms with Crippen molar-refractivity contribution in [1.29, 1.82) is 0 Å². The summed E-state index contributed by atoms with van der Waals surface area (Å²) >= 11 is 0. The Hall–Kier alpha value is -3.85. The third-order valence-electron chi connectivity index (χ3n) is 5.92. The lowest BCUT2D eigenvalue weighted by Crippen LogP contribution is -2.36. The molecule has 3 heterocycles. The van der Waals surface area contributed by atoms with Gasteiger partial charge in [-0.15, -0.1) is 0 Å². The van der Waals surface area contributed by atoms with Gasteiger partial charge in [-0.05, 0) is 61.9 Å². The molecule has 3 N–H and O–H groups in total. The summed E-state index contributed by atoms with van der Waals surface area (Å²) < 4.78 is 28.5. The fourth-order valence-corrected chi connectivity index (χ4v) is 4.35. The summed E-state index contributed by atoms with van der Waals surface area (Å²) in [4.78, 5) is 17.8. The average Bonchev–Trinajstić information content (AvgIpc) is 3.14. The lowest BCUT2D eigenvalue weighted by atomic mass is 10.1. The summed E-state index contributed by atoms with van der Waals surface area (Å²) in [7, 11) is 1.40. The largest absolute Gasteiger partial charge is 0.494 e.